The van der Waals surface area contributed by atoms with Crippen LogP contribution in [0.4, 0.5) is 13.2 Å². The van der Waals surface area contributed by atoms with Crippen LogP contribution < -0.4 is 5.32 Å². The Hall–Kier alpha value is -0.780. The number of hydrogen-bond donors (Lipinski definition) is 2. The number of nitrogens with one attached hydrogen (secondary N) is 1. The van der Waals surface area contributed by atoms with Gasteiger partial charge in [-0.3, -0.25) is 0 Å². The molecule has 0 aromatic carbocycles. The minimum absolute atomic E-state index is 0.796. The van der Waals surface area contributed by atoms with Crippen LogP contribution in [0.2, 0.25) is 0 Å². The topological polar surface area (TPSA) is 49.3 Å². The Morgan fingerprint density at radius 3 is 2.08 bits per heavy atom. The highest BCUT2D eigenvalue weighted by Gasteiger charge is 2.38. The average Bonchev–Trinajstić information content (AvgIpc) is 2.38. The van der Waals surface area contributed by atoms with Crippen molar-refractivity contribution < 1.29 is 23.1 Å². The molecule has 13 heavy (non-hydrogen) atoms. The van der Waals surface area contributed by atoms with Gasteiger partial charge in [-0.05, 0) is 26.3 Å². The minimum atomic E-state index is -5.08. The summed E-state index contributed by atoms with van der Waals surface area (Å²) in [6.45, 7) is 3.47. The number of aliphatic carboxylic acids is 1. The number of carboxylic acids is 1. The van der Waals surface area contributed by atoms with E-state index in [9.17, 15) is 13.2 Å². The Balaban J connectivity index is 0.000000223. The largest absolute Gasteiger partial charge is 0.490 e. The smallest absolute Gasteiger partial charge is 0.475 e. The van der Waals surface area contributed by atoms with Crippen molar-refractivity contribution >= 4 is 5.97 Å². The van der Waals surface area contributed by atoms with Crippen LogP contribution in [0.3, 0.4) is 0 Å². The summed E-state index contributed by atoms with van der Waals surface area (Å²) in [5.41, 5.74) is 0. The summed E-state index contributed by atoms with van der Waals surface area (Å²) >= 11 is 0. The van der Waals surface area contributed by atoms with Crippen molar-refractivity contribution in [2.75, 3.05) is 6.54 Å². The fourth-order valence-electron chi connectivity index (χ4n) is 0.859. The maximum Gasteiger partial charge on any atom is 0.490 e. The first-order valence-corrected chi connectivity index (χ1v) is 3.87. The van der Waals surface area contributed by atoms with Crippen molar-refractivity contribution in [1.82, 2.24) is 5.32 Å². The molecule has 1 heterocycles. The number of alkyl halides is 3. The second-order valence-corrected chi connectivity index (χ2v) is 2.80. The molecule has 1 fully saturated rings. The number of hydrogen-bond acceptors (Lipinski definition) is 2. The molecule has 1 rings (SSSR count). The monoisotopic (exact) mass is 199 g/mol. The summed E-state index contributed by atoms with van der Waals surface area (Å²) in [5, 5.41) is 10.4. The second-order valence-electron chi connectivity index (χ2n) is 2.80. The lowest BCUT2D eigenvalue weighted by molar-refractivity contribution is -0.192. The third-order valence-electron chi connectivity index (χ3n) is 1.55. The predicted octanol–water partition coefficient (Wildman–Crippen LogP) is 1.39. The fourth-order valence-corrected chi connectivity index (χ4v) is 0.859. The Morgan fingerprint density at radius 1 is 1.54 bits per heavy atom. The summed E-state index contributed by atoms with van der Waals surface area (Å²) in [4.78, 5) is 8.90. The van der Waals surface area contributed by atoms with Gasteiger partial charge in [0.15, 0.2) is 0 Å². The normalized spacial score (nSPS) is 22.0. The molecule has 1 unspecified atom stereocenters. The molecule has 0 aromatic rings. The van der Waals surface area contributed by atoms with E-state index in [4.69, 9.17) is 9.90 Å². The molecule has 1 aliphatic heterocycles. The number of carbonyl (C=O) groups is 1. The van der Waals surface area contributed by atoms with Crippen molar-refractivity contribution in [3.05, 3.63) is 0 Å². The quantitative estimate of drug-likeness (QED) is 0.619. The molecular weight excluding hydrogens is 187 g/mol. The first kappa shape index (κ1) is 12.2. The molecule has 0 bridgehead atoms. The minimum Gasteiger partial charge on any atom is -0.475 e. The molecule has 0 aromatic heterocycles. The fraction of sp³-hybridized carbons (Fsp3) is 0.857. The van der Waals surface area contributed by atoms with E-state index in [-0.39, 0.29) is 0 Å². The second kappa shape index (κ2) is 5.06. The molecule has 0 radical (unpaired) electrons. The SMILES string of the molecule is CC1CCCN1.O=C(O)C(F)(F)F. The lowest BCUT2D eigenvalue weighted by atomic mass is 10.3. The van der Waals surface area contributed by atoms with Crippen LogP contribution in [0.1, 0.15) is 19.8 Å². The molecule has 0 spiro atoms. The van der Waals surface area contributed by atoms with Crippen LogP contribution in [0.5, 0.6) is 0 Å². The summed E-state index contributed by atoms with van der Waals surface area (Å²) in [6.07, 6.45) is -2.33. The molecule has 0 aliphatic carbocycles. The van der Waals surface area contributed by atoms with Crippen LogP contribution in [-0.2, 0) is 4.79 Å². The van der Waals surface area contributed by atoms with Gasteiger partial charge in [0, 0.05) is 6.04 Å². The summed E-state index contributed by atoms with van der Waals surface area (Å²) in [6, 6.07) is 0.796. The van der Waals surface area contributed by atoms with Crippen LogP contribution >= 0.6 is 0 Å². The third kappa shape index (κ3) is 6.39. The number of halogens is 3. The highest BCUT2D eigenvalue weighted by molar-refractivity contribution is 5.73. The van der Waals surface area contributed by atoms with E-state index in [2.05, 4.69) is 12.2 Å². The number of rotatable bonds is 0. The van der Waals surface area contributed by atoms with E-state index >= 15 is 0 Å². The van der Waals surface area contributed by atoms with E-state index in [1.165, 1.54) is 19.4 Å². The van der Waals surface area contributed by atoms with Gasteiger partial charge in [0.05, 0.1) is 0 Å². The predicted molar refractivity (Wildman–Crippen MR) is 40.4 cm³/mol. The summed E-state index contributed by atoms with van der Waals surface area (Å²) in [5.74, 6) is -2.76. The molecule has 1 saturated heterocycles. The van der Waals surface area contributed by atoms with Gasteiger partial charge < -0.3 is 10.4 Å². The van der Waals surface area contributed by atoms with Crippen molar-refractivity contribution in [3.63, 3.8) is 0 Å². The van der Waals surface area contributed by atoms with Gasteiger partial charge in [-0.1, -0.05) is 0 Å². The van der Waals surface area contributed by atoms with E-state index in [0.29, 0.717) is 0 Å². The molecular formula is C7H12F3NO2. The van der Waals surface area contributed by atoms with Gasteiger partial charge in [-0.25, -0.2) is 4.79 Å². The van der Waals surface area contributed by atoms with Gasteiger partial charge >= 0.3 is 12.1 Å². The Kier molecular flexibility index (Phi) is 4.76. The van der Waals surface area contributed by atoms with E-state index in [0.717, 1.165) is 6.04 Å². The van der Waals surface area contributed by atoms with E-state index in [1.807, 2.05) is 0 Å². The third-order valence-corrected chi connectivity index (χ3v) is 1.55. The van der Waals surface area contributed by atoms with Crippen LogP contribution in [-0.4, -0.2) is 29.8 Å². The first-order valence-electron chi connectivity index (χ1n) is 3.87. The maximum absolute atomic E-state index is 10.6. The Bertz CT molecular complexity index is 164. The van der Waals surface area contributed by atoms with Crippen LogP contribution in [0.15, 0.2) is 0 Å². The molecule has 78 valence electrons. The van der Waals surface area contributed by atoms with Gasteiger partial charge in [-0.15, -0.1) is 0 Å². The zero-order valence-electron chi connectivity index (χ0n) is 7.19. The average molecular weight is 199 g/mol. The molecule has 1 atom stereocenters. The standard InChI is InChI=1S/C5H11N.C2HF3O2/c1-5-3-2-4-6-5;3-2(4,5)1(6)7/h5-6H,2-4H2,1H3;(H,6,7). The first-order chi connectivity index (χ1) is 5.84. The molecule has 0 amide bonds. The lowest BCUT2D eigenvalue weighted by Gasteiger charge is -1.95. The van der Waals surface area contributed by atoms with Crippen LogP contribution in [0.25, 0.3) is 0 Å². The Morgan fingerprint density at radius 2 is 2.00 bits per heavy atom. The van der Waals surface area contributed by atoms with Crippen molar-refractivity contribution in [2.24, 2.45) is 0 Å². The molecule has 1 aliphatic rings. The van der Waals surface area contributed by atoms with Gasteiger partial charge in [-0.2, -0.15) is 13.2 Å². The van der Waals surface area contributed by atoms with Crippen molar-refractivity contribution in [1.29, 1.82) is 0 Å². The summed E-state index contributed by atoms with van der Waals surface area (Å²) < 4.78 is 31.7. The van der Waals surface area contributed by atoms with Crippen molar-refractivity contribution in [2.45, 2.75) is 32.0 Å². The molecule has 3 nitrogen and oxygen atoms in total. The van der Waals surface area contributed by atoms with Crippen molar-refractivity contribution in [3.8, 4) is 0 Å². The molecule has 2 N–H and O–H groups in total. The molecule has 6 heteroatoms. The molecule has 0 saturated carbocycles. The van der Waals surface area contributed by atoms with E-state index in [1.54, 1.807) is 0 Å². The lowest BCUT2D eigenvalue weighted by Crippen LogP contribution is -2.21. The number of carboxylic acid groups (broad SMARTS) is 1. The van der Waals surface area contributed by atoms with Gasteiger partial charge in [0.25, 0.3) is 0 Å². The maximum atomic E-state index is 10.6. The highest BCUT2D eigenvalue weighted by Crippen LogP contribution is 2.13. The zero-order valence-corrected chi connectivity index (χ0v) is 7.19. The Labute approximate surface area is 73.9 Å². The zero-order chi connectivity index (χ0) is 10.5. The van der Waals surface area contributed by atoms with Gasteiger partial charge in [0.2, 0.25) is 0 Å². The van der Waals surface area contributed by atoms with Crippen LogP contribution in [0, 0.1) is 0 Å². The van der Waals surface area contributed by atoms with Gasteiger partial charge in [0.1, 0.15) is 0 Å². The highest BCUT2D eigenvalue weighted by atomic mass is 19.4. The summed E-state index contributed by atoms with van der Waals surface area (Å²) in [7, 11) is 0. The van der Waals surface area contributed by atoms with E-state index < -0.39 is 12.1 Å².